The minimum Gasteiger partial charge on any atom is -0.461 e. The molecule has 0 N–H and O–H groups in total. The van der Waals surface area contributed by atoms with E-state index in [4.69, 9.17) is 4.42 Å². The average molecular weight is 203 g/mol. The van der Waals surface area contributed by atoms with Gasteiger partial charge in [-0.15, -0.1) is 5.10 Å². The molecule has 2 aromatic rings. The van der Waals surface area contributed by atoms with Gasteiger partial charge in [-0.2, -0.15) is 0 Å². The van der Waals surface area contributed by atoms with E-state index in [0.717, 1.165) is 24.6 Å². The Kier molecular flexibility index (Phi) is 1.87. The second kappa shape index (κ2) is 3.22. The van der Waals surface area contributed by atoms with Crippen LogP contribution in [-0.4, -0.2) is 14.8 Å². The second-order valence-corrected chi connectivity index (χ2v) is 4.15. The van der Waals surface area contributed by atoms with Crippen LogP contribution in [0.1, 0.15) is 19.2 Å². The van der Waals surface area contributed by atoms with Crippen molar-refractivity contribution in [1.82, 2.24) is 14.8 Å². The summed E-state index contributed by atoms with van der Waals surface area (Å²) in [6.45, 7) is 3.22. The van der Waals surface area contributed by atoms with E-state index in [-0.39, 0.29) is 0 Å². The van der Waals surface area contributed by atoms with Crippen LogP contribution in [0.15, 0.2) is 22.8 Å². The van der Waals surface area contributed by atoms with E-state index in [1.165, 1.54) is 6.42 Å². The molecule has 0 spiro atoms. The maximum Gasteiger partial charge on any atom is 0.217 e. The topological polar surface area (TPSA) is 43.9 Å². The van der Waals surface area contributed by atoms with Crippen molar-refractivity contribution >= 4 is 0 Å². The van der Waals surface area contributed by atoms with Crippen molar-refractivity contribution in [3.8, 4) is 11.6 Å². The maximum absolute atomic E-state index is 5.29. The Hall–Kier alpha value is -1.58. The number of fused-ring (bicyclic) bond motifs is 1. The summed E-state index contributed by atoms with van der Waals surface area (Å²) < 4.78 is 7.29. The molecule has 0 fully saturated rings. The molecule has 0 saturated heterocycles. The van der Waals surface area contributed by atoms with Crippen LogP contribution in [0.25, 0.3) is 11.6 Å². The highest BCUT2D eigenvalue weighted by Gasteiger charge is 2.19. The van der Waals surface area contributed by atoms with Crippen LogP contribution in [0.4, 0.5) is 0 Å². The Balaban J connectivity index is 2.00. The number of hydrogen-bond acceptors (Lipinski definition) is 3. The molecule has 0 aliphatic carbocycles. The van der Waals surface area contributed by atoms with Crippen molar-refractivity contribution in [1.29, 1.82) is 0 Å². The molecule has 1 aliphatic rings. The molecule has 0 bridgehead atoms. The lowest BCUT2D eigenvalue weighted by atomic mass is 10.0. The fourth-order valence-corrected chi connectivity index (χ4v) is 1.98. The van der Waals surface area contributed by atoms with Gasteiger partial charge in [0.1, 0.15) is 5.82 Å². The zero-order valence-electron chi connectivity index (χ0n) is 8.68. The van der Waals surface area contributed by atoms with Gasteiger partial charge in [-0.25, -0.2) is 9.67 Å². The molecule has 3 rings (SSSR count). The molecule has 4 heteroatoms. The number of aromatic nitrogens is 3. The van der Waals surface area contributed by atoms with E-state index in [9.17, 15) is 0 Å². The average Bonchev–Trinajstić information content (AvgIpc) is 2.84. The first-order valence-electron chi connectivity index (χ1n) is 5.30. The van der Waals surface area contributed by atoms with Crippen molar-refractivity contribution in [3.63, 3.8) is 0 Å². The summed E-state index contributed by atoms with van der Waals surface area (Å²) in [4.78, 5) is 4.49. The molecule has 2 aromatic heterocycles. The normalized spacial score (nSPS) is 20.2. The molecule has 0 amide bonds. The summed E-state index contributed by atoms with van der Waals surface area (Å²) in [7, 11) is 0. The van der Waals surface area contributed by atoms with Crippen molar-refractivity contribution in [2.45, 2.75) is 26.3 Å². The molecule has 1 unspecified atom stereocenters. The number of aryl methyl sites for hydroxylation is 1. The Labute approximate surface area is 87.9 Å². The number of rotatable bonds is 1. The van der Waals surface area contributed by atoms with Crippen LogP contribution < -0.4 is 0 Å². The summed E-state index contributed by atoms with van der Waals surface area (Å²) in [6, 6.07) is 3.75. The molecule has 3 heterocycles. The largest absolute Gasteiger partial charge is 0.461 e. The van der Waals surface area contributed by atoms with Gasteiger partial charge in [-0.3, -0.25) is 0 Å². The van der Waals surface area contributed by atoms with E-state index in [0.29, 0.717) is 11.7 Å². The van der Waals surface area contributed by atoms with Gasteiger partial charge >= 0.3 is 0 Å². The van der Waals surface area contributed by atoms with Gasteiger partial charge in [0, 0.05) is 13.0 Å². The highest BCUT2D eigenvalue weighted by Crippen LogP contribution is 2.22. The fraction of sp³-hybridized carbons (Fsp3) is 0.455. The molecular weight excluding hydrogens is 190 g/mol. The predicted molar refractivity (Wildman–Crippen MR) is 55.2 cm³/mol. The van der Waals surface area contributed by atoms with Gasteiger partial charge in [-0.05, 0) is 24.5 Å². The first-order chi connectivity index (χ1) is 7.33. The number of furan rings is 1. The van der Waals surface area contributed by atoms with Gasteiger partial charge < -0.3 is 4.42 Å². The van der Waals surface area contributed by atoms with E-state index < -0.39 is 0 Å². The molecule has 78 valence electrons. The van der Waals surface area contributed by atoms with E-state index >= 15 is 0 Å². The smallest absolute Gasteiger partial charge is 0.217 e. The standard InChI is InChI=1S/C11H13N3O/c1-8-4-5-10-12-11(13-14(10)7-8)9-3-2-6-15-9/h2-3,6,8H,4-5,7H2,1H3. The van der Waals surface area contributed by atoms with Crippen LogP contribution in [0, 0.1) is 5.92 Å². The van der Waals surface area contributed by atoms with Gasteiger partial charge in [0.15, 0.2) is 5.76 Å². The Morgan fingerprint density at radius 3 is 3.27 bits per heavy atom. The molecule has 15 heavy (non-hydrogen) atoms. The van der Waals surface area contributed by atoms with Crippen LogP contribution in [0.5, 0.6) is 0 Å². The van der Waals surface area contributed by atoms with Crippen LogP contribution in [0.2, 0.25) is 0 Å². The molecular formula is C11H13N3O. The lowest BCUT2D eigenvalue weighted by Gasteiger charge is -2.17. The zero-order valence-corrected chi connectivity index (χ0v) is 8.68. The monoisotopic (exact) mass is 203 g/mol. The first kappa shape index (κ1) is 8.71. The molecule has 4 nitrogen and oxygen atoms in total. The number of nitrogens with zero attached hydrogens (tertiary/aromatic N) is 3. The lowest BCUT2D eigenvalue weighted by molar-refractivity contribution is 0.368. The summed E-state index contributed by atoms with van der Waals surface area (Å²) in [5.74, 6) is 3.25. The zero-order chi connectivity index (χ0) is 10.3. The third-order valence-corrected chi connectivity index (χ3v) is 2.84. The summed E-state index contributed by atoms with van der Waals surface area (Å²) in [6.07, 6.45) is 3.88. The summed E-state index contributed by atoms with van der Waals surface area (Å²) >= 11 is 0. The van der Waals surface area contributed by atoms with Crippen molar-refractivity contribution in [2.24, 2.45) is 5.92 Å². The Morgan fingerprint density at radius 1 is 1.53 bits per heavy atom. The van der Waals surface area contributed by atoms with Crippen molar-refractivity contribution in [2.75, 3.05) is 0 Å². The SMILES string of the molecule is CC1CCc2nc(-c3ccco3)nn2C1. The summed E-state index contributed by atoms with van der Waals surface area (Å²) in [5.41, 5.74) is 0. The minimum atomic E-state index is 0.698. The third-order valence-electron chi connectivity index (χ3n) is 2.84. The van der Waals surface area contributed by atoms with E-state index in [1.54, 1.807) is 6.26 Å². The molecule has 1 aliphatic heterocycles. The highest BCUT2D eigenvalue weighted by atomic mass is 16.3. The molecule has 1 atom stereocenters. The van der Waals surface area contributed by atoms with Crippen molar-refractivity contribution < 1.29 is 4.42 Å². The predicted octanol–water partition coefficient (Wildman–Crippen LogP) is 2.12. The Morgan fingerprint density at radius 2 is 2.47 bits per heavy atom. The maximum atomic E-state index is 5.29. The van der Waals surface area contributed by atoms with Crippen LogP contribution in [0.3, 0.4) is 0 Å². The quantitative estimate of drug-likeness (QED) is 0.713. The summed E-state index contributed by atoms with van der Waals surface area (Å²) in [5, 5.41) is 4.46. The highest BCUT2D eigenvalue weighted by molar-refractivity contribution is 5.45. The first-order valence-corrected chi connectivity index (χ1v) is 5.30. The molecule has 0 radical (unpaired) electrons. The minimum absolute atomic E-state index is 0.698. The van der Waals surface area contributed by atoms with Gasteiger partial charge in [0.05, 0.1) is 6.26 Å². The lowest BCUT2D eigenvalue weighted by Crippen LogP contribution is -2.18. The number of hydrogen-bond donors (Lipinski definition) is 0. The Bertz CT molecular complexity index is 458. The van der Waals surface area contributed by atoms with Crippen LogP contribution >= 0.6 is 0 Å². The fourth-order valence-electron chi connectivity index (χ4n) is 1.98. The second-order valence-electron chi connectivity index (χ2n) is 4.15. The van der Waals surface area contributed by atoms with Gasteiger partial charge in [0.2, 0.25) is 5.82 Å². The molecule has 0 saturated carbocycles. The van der Waals surface area contributed by atoms with Gasteiger partial charge in [-0.1, -0.05) is 6.92 Å². The van der Waals surface area contributed by atoms with Gasteiger partial charge in [0.25, 0.3) is 0 Å². The third kappa shape index (κ3) is 1.46. The molecule has 0 aromatic carbocycles. The van der Waals surface area contributed by atoms with E-state index in [1.807, 2.05) is 16.8 Å². The van der Waals surface area contributed by atoms with Crippen molar-refractivity contribution in [3.05, 3.63) is 24.2 Å². The van der Waals surface area contributed by atoms with Crippen LogP contribution in [-0.2, 0) is 13.0 Å². The van der Waals surface area contributed by atoms with E-state index in [2.05, 4.69) is 17.0 Å².